The van der Waals surface area contributed by atoms with Gasteiger partial charge in [-0.15, -0.1) is 0 Å². The quantitative estimate of drug-likeness (QED) is 0.862. The molecule has 0 fully saturated rings. The summed E-state index contributed by atoms with van der Waals surface area (Å²) in [4.78, 5) is 22.7. The van der Waals surface area contributed by atoms with Crippen LogP contribution in [0.3, 0.4) is 0 Å². The normalized spacial score (nSPS) is 11.9. The van der Waals surface area contributed by atoms with Gasteiger partial charge in [-0.3, -0.25) is 4.79 Å². The third-order valence-corrected chi connectivity index (χ3v) is 4.05. The van der Waals surface area contributed by atoms with Gasteiger partial charge in [0.2, 0.25) is 5.91 Å². The van der Waals surface area contributed by atoms with Crippen LogP contribution in [0.5, 0.6) is 0 Å². The Balaban J connectivity index is 1.81. The van der Waals surface area contributed by atoms with Crippen LogP contribution in [0.4, 0.5) is 0 Å². The molecule has 2 N–H and O–H groups in total. The fourth-order valence-electron chi connectivity index (χ4n) is 1.97. The summed E-state index contributed by atoms with van der Waals surface area (Å²) in [6, 6.07) is 8.66. The van der Waals surface area contributed by atoms with Gasteiger partial charge in [0.05, 0.1) is 11.5 Å². The van der Waals surface area contributed by atoms with Crippen LogP contribution in [0.2, 0.25) is 0 Å². The van der Waals surface area contributed by atoms with Gasteiger partial charge < -0.3 is 10.4 Å². The molecule has 110 valence electrons. The monoisotopic (exact) mass is 303 g/mol. The van der Waals surface area contributed by atoms with E-state index in [9.17, 15) is 9.59 Å². The predicted octanol–water partition coefficient (Wildman–Crippen LogP) is 2.91. The summed E-state index contributed by atoms with van der Waals surface area (Å²) in [6.45, 7) is 2.43. The van der Waals surface area contributed by atoms with E-state index < -0.39 is 5.97 Å². The number of hydrogen-bond donors (Lipinski definition) is 2. The number of rotatable bonds is 6. The van der Waals surface area contributed by atoms with Crippen LogP contribution in [0, 0.1) is 0 Å². The van der Waals surface area contributed by atoms with E-state index in [0.29, 0.717) is 13.0 Å². The summed E-state index contributed by atoms with van der Waals surface area (Å²) in [5, 5.41) is 15.7. The first-order valence-corrected chi connectivity index (χ1v) is 7.64. The molecule has 0 saturated heterocycles. The fraction of sp³-hybridized carbons (Fsp3) is 0.250. The lowest BCUT2D eigenvalue weighted by Crippen LogP contribution is -2.29. The minimum atomic E-state index is -0.931. The minimum Gasteiger partial charge on any atom is -0.478 e. The van der Waals surface area contributed by atoms with E-state index >= 15 is 0 Å². The van der Waals surface area contributed by atoms with Gasteiger partial charge in [0, 0.05) is 6.54 Å². The molecule has 1 aromatic heterocycles. The van der Waals surface area contributed by atoms with Crippen molar-refractivity contribution >= 4 is 23.2 Å². The Morgan fingerprint density at radius 2 is 1.95 bits per heavy atom. The van der Waals surface area contributed by atoms with Crippen LogP contribution < -0.4 is 5.32 Å². The topological polar surface area (TPSA) is 66.4 Å². The molecule has 1 unspecified atom stereocenters. The third kappa shape index (κ3) is 4.16. The van der Waals surface area contributed by atoms with E-state index in [-0.39, 0.29) is 17.4 Å². The number of thiophene rings is 1. The van der Waals surface area contributed by atoms with Crippen LogP contribution in [-0.4, -0.2) is 23.5 Å². The number of benzene rings is 1. The summed E-state index contributed by atoms with van der Waals surface area (Å²) >= 11 is 1.58. The van der Waals surface area contributed by atoms with Gasteiger partial charge in [-0.2, -0.15) is 11.3 Å². The van der Waals surface area contributed by atoms with E-state index in [1.54, 1.807) is 35.6 Å². The van der Waals surface area contributed by atoms with Gasteiger partial charge in [0.25, 0.3) is 0 Å². The fourth-order valence-corrected chi connectivity index (χ4v) is 2.72. The average Bonchev–Trinajstić information content (AvgIpc) is 3.01. The van der Waals surface area contributed by atoms with Gasteiger partial charge >= 0.3 is 5.97 Å². The Morgan fingerprint density at radius 1 is 1.24 bits per heavy atom. The molecule has 0 bridgehead atoms. The molecule has 0 aliphatic rings. The van der Waals surface area contributed by atoms with E-state index in [1.165, 1.54) is 0 Å². The molecule has 4 nitrogen and oxygen atoms in total. The third-order valence-electron chi connectivity index (χ3n) is 3.35. The summed E-state index contributed by atoms with van der Waals surface area (Å²) < 4.78 is 0. The molecule has 2 aromatic rings. The number of carbonyl (C=O) groups excluding carboxylic acids is 1. The highest BCUT2D eigenvalue weighted by molar-refractivity contribution is 7.08. The average molecular weight is 303 g/mol. The molecular weight excluding hydrogens is 286 g/mol. The van der Waals surface area contributed by atoms with Gasteiger partial charge in [-0.25, -0.2) is 4.79 Å². The zero-order valence-corrected chi connectivity index (χ0v) is 12.5. The van der Waals surface area contributed by atoms with Gasteiger partial charge in [0.1, 0.15) is 0 Å². The summed E-state index contributed by atoms with van der Waals surface area (Å²) in [5.41, 5.74) is 2.31. The van der Waals surface area contributed by atoms with E-state index in [1.807, 2.05) is 23.8 Å². The lowest BCUT2D eigenvalue weighted by Gasteiger charge is -2.11. The molecular formula is C16H17NO3S. The van der Waals surface area contributed by atoms with Crippen molar-refractivity contribution < 1.29 is 14.7 Å². The molecule has 1 amide bonds. The van der Waals surface area contributed by atoms with Crippen molar-refractivity contribution in [2.45, 2.75) is 19.3 Å². The number of hydrogen-bond acceptors (Lipinski definition) is 3. The van der Waals surface area contributed by atoms with Crippen LogP contribution >= 0.6 is 11.3 Å². The van der Waals surface area contributed by atoms with Crippen LogP contribution in [-0.2, 0) is 11.2 Å². The number of amides is 1. The highest BCUT2D eigenvalue weighted by Gasteiger charge is 2.14. The van der Waals surface area contributed by atoms with Crippen LogP contribution in [0.15, 0.2) is 41.1 Å². The predicted molar refractivity (Wildman–Crippen MR) is 82.8 cm³/mol. The maximum Gasteiger partial charge on any atom is 0.335 e. The Hall–Kier alpha value is -2.14. The highest BCUT2D eigenvalue weighted by atomic mass is 32.1. The standard InChI is InChI=1S/C16H17NO3S/c1-11(14-7-9-21-10-14)15(18)17-8-6-12-2-4-13(5-3-12)16(19)20/h2-5,7,9-11H,6,8H2,1H3,(H,17,18)(H,19,20). The van der Waals surface area contributed by atoms with Gasteiger partial charge in [-0.05, 0) is 53.4 Å². The van der Waals surface area contributed by atoms with Crippen molar-refractivity contribution in [3.63, 3.8) is 0 Å². The SMILES string of the molecule is CC(C(=O)NCCc1ccc(C(=O)O)cc1)c1ccsc1. The molecule has 5 heteroatoms. The maximum atomic E-state index is 12.0. The Morgan fingerprint density at radius 3 is 2.52 bits per heavy atom. The molecule has 0 saturated carbocycles. The number of carbonyl (C=O) groups is 2. The largest absolute Gasteiger partial charge is 0.478 e. The molecule has 1 atom stereocenters. The second-order valence-corrected chi connectivity index (χ2v) is 5.60. The van der Waals surface area contributed by atoms with Crippen molar-refractivity contribution in [2.75, 3.05) is 6.54 Å². The number of carboxylic acids is 1. The minimum absolute atomic E-state index is 0.00977. The van der Waals surface area contributed by atoms with Crippen molar-refractivity contribution in [3.05, 3.63) is 57.8 Å². The second kappa shape index (κ2) is 7.04. The first-order valence-electron chi connectivity index (χ1n) is 6.70. The lowest BCUT2D eigenvalue weighted by atomic mass is 10.0. The summed E-state index contributed by atoms with van der Waals surface area (Å²) in [7, 11) is 0. The Kier molecular flexibility index (Phi) is 5.11. The molecule has 2 rings (SSSR count). The van der Waals surface area contributed by atoms with Gasteiger partial charge in [-0.1, -0.05) is 12.1 Å². The first kappa shape index (κ1) is 15.3. The van der Waals surface area contributed by atoms with Crippen LogP contribution in [0.25, 0.3) is 0 Å². The zero-order chi connectivity index (χ0) is 15.2. The van der Waals surface area contributed by atoms with Gasteiger partial charge in [0.15, 0.2) is 0 Å². The Bertz CT molecular complexity index is 605. The lowest BCUT2D eigenvalue weighted by molar-refractivity contribution is -0.122. The Labute approximate surface area is 127 Å². The number of carboxylic acid groups (broad SMARTS) is 1. The molecule has 0 spiro atoms. The van der Waals surface area contributed by atoms with Crippen LogP contribution in [0.1, 0.15) is 34.3 Å². The highest BCUT2D eigenvalue weighted by Crippen LogP contribution is 2.18. The first-order chi connectivity index (χ1) is 10.1. The maximum absolute atomic E-state index is 12.0. The van der Waals surface area contributed by atoms with Crippen molar-refractivity contribution in [1.82, 2.24) is 5.32 Å². The number of nitrogens with one attached hydrogen (secondary N) is 1. The van der Waals surface area contributed by atoms with E-state index in [2.05, 4.69) is 5.32 Å². The summed E-state index contributed by atoms with van der Waals surface area (Å²) in [5.74, 6) is -1.07. The van der Waals surface area contributed by atoms with Crippen molar-refractivity contribution in [1.29, 1.82) is 0 Å². The second-order valence-electron chi connectivity index (χ2n) is 4.82. The molecule has 1 heterocycles. The van der Waals surface area contributed by atoms with E-state index in [4.69, 9.17) is 5.11 Å². The smallest absolute Gasteiger partial charge is 0.335 e. The van der Waals surface area contributed by atoms with Crippen molar-refractivity contribution in [3.8, 4) is 0 Å². The molecule has 1 aromatic carbocycles. The number of aromatic carboxylic acids is 1. The molecule has 0 aliphatic heterocycles. The van der Waals surface area contributed by atoms with E-state index in [0.717, 1.165) is 11.1 Å². The molecule has 0 aliphatic carbocycles. The molecule has 0 radical (unpaired) electrons. The van der Waals surface area contributed by atoms with Crippen molar-refractivity contribution in [2.24, 2.45) is 0 Å². The zero-order valence-electron chi connectivity index (χ0n) is 11.7. The summed E-state index contributed by atoms with van der Waals surface area (Å²) in [6.07, 6.45) is 0.683. The molecule has 21 heavy (non-hydrogen) atoms.